The van der Waals surface area contributed by atoms with Gasteiger partial charge in [0, 0.05) is 15.6 Å². The number of carboxylic acids is 1. The third-order valence-corrected chi connectivity index (χ3v) is 3.67. The fourth-order valence-corrected chi connectivity index (χ4v) is 2.22. The molecule has 3 nitrogen and oxygen atoms in total. The van der Waals surface area contributed by atoms with Crippen LogP contribution in [0.4, 0.5) is 0 Å². The Morgan fingerprint density at radius 3 is 1.77 bits per heavy atom. The number of ketones is 1. The zero-order valence-corrected chi connectivity index (χ0v) is 14.8. The topological polar surface area (TPSA) is 54.4 Å². The van der Waals surface area contributed by atoms with E-state index in [1.54, 1.807) is 12.1 Å². The summed E-state index contributed by atoms with van der Waals surface area (Å²) in [6.07, 6.45) is -0.0874. The first-order valence-electron chi connectivity index (χ1n) is 7.17. The van der Waals surface area contributed by atoms with E-state index in [9.17, 15) is 9.59 Å². The van der Waals surface area contributed by atoms with Crippen LogP contribution in [0.3, 0.4) is 0 Å². The maximum absolute atomic E-state index is 11.8. The molecular weight excluding hydrogens is 391 g/mol. The molecule has 0 amide bonds. The van der Waals surface area contributed by atoms with Crippen molar-refractivity contribution >= 4 is 34.3 Å². The molecule has 0 saturated heterocycles. The van der Waals surface area contributed by atoms with Gasteiger partial charge in [0.05, 0.1) is 6.42 Å². The molecule has 0 aliphatic heterocycles. The maximum atomic E-state index is 11.8. The smallest absolute Gasteiger partial charge is 0.303 e. The lowest BCUT2D eigenvalue weighted by Crippen LogP contribution is -2.03. The van der Waals surface area contributed by atoms with Crippen LogP contribution < -0.4 is 0 Å². The van der Waals surface area contributed by atoms with E-state index < -0.39 is 5.97 Å². The molecule has 0 unspecified atom stereocenters. The lowest BCUT2D eigenvalue weighted by molar-refractivity contribution is -0.136. The highest BCUT2D eigenvalue weighted by Gasteiger charge is 2.08. The molecule has 0 radical (unpaired) electrons. The molecule has 0 saturated carbocycles. The fraction of sp³-hybridized carbons (Fsp3) is 0.222. The lowest BCUT2D eigenvalue weighted by Gasteiger charge is -2.04. The van der Waals surface area contributed by atoms with Gasteiger partial charge in [-0.3, -0.25) is 9.59 Å². The summed E-state index contributed by atoms with van der Waals surface area (Å²) in [4.78, 5) is 22.2. The van der Waals surface area contributed by atoms with E-state index >= 15 is 0 Å². The third-order valence-electron chi connectivity index (χ3n) is 2.95. The van der Waals surface area contributed by atoms with Crippen LogP contribution >= 0.6 is 22.6 Å². The second-order valence-corrected chi connectivity index (χ2v) is 5.65. The Morgan fingerprint density at radius 1 is 0.864 bits per heavy atom. The van der Waals surface area contributed by atoms with Crippen LogP contribution in [0.1, 0.15) is 37.0 Å². The number of carboxylic acid groups (broad SMARTS) is 1. The Morgan fingerprint density at radius 2 is 1.32 bits per heavy atom. The second kappa shape index (κ2) is 9.35. The van der Waals surface area contributed by atoms with Gasteiger partial charge in [0.15, 0.2) is 5.78 Å². The van der Waals surface area contributed by atoms with Gasteiger partial charge in [0.2, 0.25) is 0 Å². The SMILES string of the molecule is CC.O=C(O)CCC(=O)c1ccc(-c2ccc(I)cc2)cc1. The number of hydrogen-bond donors (Lipinski definition) is 1. The summed E-state index contributed by atoms with van der Waals surface area (Å²) in [6, 6.07) is 15.4. The molecule has 0 aliphatic carbocycles. The minimum Gasteiger partial charge on any atom is -0.481 e. The van der Waals surface area contributed by atoms with Gasteiger partial charge in [-0.05, 0) is 45.9 Å². The first-order chi connectivity index (χ1) is 10.6. The summed E-state index contributed by atoms with van der Waals surface area (Å²) in [5, 5.41) is 8.57. The summed E-state index contributed by atoms with van der Waals surface area (Å²) in [5.41, 5.74) is 2.69. The largest absolute Gasteiger partial charge is 0.481 e. The number of benzene rings is 2. The van der Waals surface area contributed by atoms with Crippen LogP contribution in [0.15, 0.2) is 48.5 Å². The Labute approximate surface area is 144 Å². The fourth-order valence-electron chi connectivity index (χ4n) is 1.86. The molecule has 0 aliphatic rings. The lowest BCUT2D eigenvalue weighted by atomic mass is 10.0. The van der Waals surface area contributed by atoms with Gasteiger partial charge in [-0.15, -0.1) is 0 Å². The summed E-state index contributed by atoms with van der Waals surface area (Å²) in [6.45, 7) is 4.00. The maximum Gasteiger partial charge on any atom is 0.303 e. The van der Waals surface area contributed by atoms with Gasteiger partial charge in [-0.1, -0.05) is 50.2 Å². The zero-order chi connectivity index (χ0) is 16.5. The average molecular weight is 410 g/mol. The minimum absolute atomic E-state index is 0.0399. The van der Waals surface area contributed by atoms with Crippen molar-refractivity contribution in [3.05, 3.63) is 57.7 Å². The standard InChI is InChI=1S/C16H13IO3.C2H6/c17-14-7-5-12(6-8-14)11-1-3-13(4-2-11)15(18)9-10-16(19)20;1-2/h1-8H,9-10H2,(H,19,20);1-2H3. The Bertz CT molecular complexity index is 616. The number of Topliss-reactive ketones (excluding diaryl/α,β-unsaturated/α-hetero) is 1. The Kier molecular flexibility index (Phi) is 7.80. The van der Waals surface area contributed by atoms with E-state index in [2.05, 4.69) is 22.6 Å². The van der Waals surface area contributed by atoms with Crippen LogP contribution in [-0.4, -0.2) is 16.9 Å². The molecule has 22 heavy (non-hydrogen) atoms. The van der Waals surface area contributed by atoms with E-state index in [1.807, 2.05) is 50.2 Å². The van der Waals surface area contributed by atoms with Crippen molar-refractivity contribution in [1.82, 2.24) is 0 Å². The highest BCUT2D eigenvalue weighted by atomic mass is 127. The van der Waals surface area contributed by atoms with Crippen LogP contribution in [0.2, 0.25) is 0 Å². The summed E-state index contributed by atoms with van der Waals surface area (Å²) >= 11 is 2.25. The molecule has 4 heteroatoms. The number of hydrogen-bond acceptors (Lipinski definition) is 2. The second-order valence-electron chi connectivity index (χ2n) is 4.40. The number of rotatable bonds is 5. The van der Waals surface area contributed by atoms with E-state index in [4.69, 9.17) is 5.11 Å². The van der Waals surface area contributed by atoms with Crippen molar-refractivity contribution in [2.45, 2.75) is 26.7 Å². The van der Waals surface area contributed by atoms with Crippen molar-refractivity contribution in [2.24, 2.45) is 0 Å². The van der Waals surface area contributed by atoms with E-state index in [0.29, 0.717) is 5.56 Å². The Balaban J connectivity index is 0.00000116. The highest BCUT2D eigenvalue weighted by molar-refractivity contribution is 14.1. The molecule has 0 heterocycles. The van der Waals surface area contributed by atoms with Crippen LogP contribution in [0.25, 0.3) is 11.1 Å². The predicted octanol–water partition coefficient (Wildman–Crippen LogP) is 5.03. The minimum atomic E-state index is -0.950. The molecule has 0 aromatic heterocycles. The van der Waals surface area contributed by atoms with E-state index in [1.165, 1.54) is 3.57 Å². The van der Waals surface area contributed by atoms with Gasteiger partial charge >= 0.3 is 5.97 Å². The van der Waals surface area contributed by atoms with Crippen LogP contribution in [0, 0.1) is 3.57 Å². The van der Waals surface area contributed by atoms with Crippen molar-refractivity contribution in [3.8, 4) is 11.1 Å². The first kappa shape index (κ1) is 18.4. The van der Waals surface area contributed by atoms with Gasteiger partial charge in [0.25, 0.3) is 0 Å². The van der Waals surface area contributed by atoms with E-state index in [-0.39, 0.29) is 18.6 Å². The Hall–Kier alpha value is -1.69. The third kappa shape index (κ3) is 5.60. The van der Waals surface area contributed by atoms with Crippen molar-refractivity contribution in [1.29, 1.82) is 0 Å². The van der Waals surface area contributed by atoms with Gasteiger partial charge in [0.1, 0.15) is 0 Å². The van der Waals surface area contributed by atoms with Crippen LogP contribution in [0.5, 0.6) is 0 Å². The monoisotopic (exact) mass is 410 g/mol. The van der Waals surface area contributed by atoms with Gasteiger partial charge < -0.3 is 5.11 Å². The van der Waals surface area contributed by atoms with Crippen molar-refractivity contribution < 1.29 is 14.7 Å². The highest BCUT2D eigenvalue weighted by Crippen LogP contribution is 2.21. The molecule has 0 spiro atoms. The summed E-state index contributed by atoms with van der Waals surface area (Å²) < 4.78 is 1.17. The number of halogens is 1. The normalized spacial score (nSPS) is 9.59. The van der Waals surface area contributed by atoms with E-state index in [0.717, 1.165) is 11.1 Å². The quantitative estimate of drug-likeness (QED) is 0.556. The summed E-state index contributed by atoms with van der Waals surface area (Å²) in [7, 11) is 0. The van der Waals surface area contributed by atoms with Crippen molar-refractivity contribution in [2.75, 3.05) is 0 Å². The number of carbonyl (C=O) groups excluding carboxylic acids is 1. The summed E-state index contributed by atoms with van der Waals surface area (Å²) in [5.74, 6) is -1.09. The van der Waals surface area contributed by atoms with Gasteiger partial charge in [-0.2, -0.15) is 0 Å². The first-order valence-corrected chi connectivity index (χ1v) is 8.25. The zero-order valence-electron chi connectivity index (χ0n) is 12.7. The predicted molar refractivity (Wildman–Crippen MR) is 97.1 cm³/mol. The number of aliphatic carboxylic acids is 1. The average Bonchev–Trinajstić information content (AvgIpc) is 2.55. The molecule has 0 fully saturated rings. The molecule has 116 valence electrons. The van der Waals surface area contributed by atoms with Crippen molar-refractivity contribution in [3.63, 3.8) is 0 Å². The molecule has 0 atom stereocenters. The molecule has 2 aromatic rings. The molecule has 0 bridgehead atoms. The molecule has 2 aromatic carbocycles. The van der Waals surface area contributed by atoms with Crippen LogP contribution in [-0.2, 0) is 4.79 Å². The molecule has 1 N–H and O–H groups in total. The molecule has 2 rings (SSSR count). The molecular formula is C18H19IO3. The number of carbonyl (C=O) groups is 2. The van der Waals surface area contributed by atoms with Gasteiger partial charge in [-0.25, -0.2) is 0 Å².